The maximum absolute atomic E-state index is 13.9. The van der Waals surface area contributed by atoms with Crippen LogP contribution in [0.1, 0.15) is 31.2 Å². The zero-order valence-corrected chi connectivity index (χ0v) is 13.1. The van der Waals surface area contributed by atoms with Gasteiger partial charge < -0.3 is 11.1 Å². The van der Waals surface area contributed by atoms with E-state index in [4.69, 9.17) is 5.73 Å². The highest BCUT2D eigenvalue weighted by molar-refractivity contribution is 9.10. The monoisotopic (exact) mass is 338 g/mol. The molecule has 0 bridgehead atoms. The first-order valence-electron chi connectivity index (χ1n) is 6.24. The van der Waals surface area contributed by atoms with Crippen LogP contribution in [-0.4, -0.2) is 9.97 Å². The van der Waals surface area contributed by atoms with E-state index < -0.39 is 0 Å². The number of halogens is 2. The van der Waals surface area contributed by atoms with E-state index in [-0.39, 0.29) is 11.7 Å². The molecule has 0 aliphatic rings. The molecule has 106 valence electrons. The fourth-order valence-corrected chi connectivity index (χ4v) is 1.98. The second-order valence-corrected chi connectivity index (χ2v) is 5.76. The Kier molecular flexibility index (Phi) is 4.23. The van der Waals surface area contributed by atoms with E-state index in [1.165, 1.54) is 6.07 Å². The van der Waals surface area contributed by atoms with E-state index in [9.17, 15) is 4.39 Å². The van der Waals surface area contributed by atoms with E-state index in [2.05, 4.69) is 31.2 Å². The molecule has 1 aromatic heterocycles. The van der Waals surface area contributed by atoms with Gasteiger partial charge in [-0.2, -0.15) is 0 Å². The molecule has 1 heterocycles. The molecule has 0 aliphatic heterocycles. The Labute approximate surface area is 125 Å². The van der Waals surface area contributed by atoms with Crippen LogP contribution in [0.3, 0.4) is 0 Å². The number of nitrogens with two attached hydrogens (primary N) is 1. The van der Waals surface area contributed by atoms with Crippen molar-refractivity contribution in [3.05, 3.63) is 39.9 Å². The van der Waals surface area contributed by atoms with E-state index >= 15 is 0 Å². The van der Waals surface area contributed by atoms with Crippen LogP contribution in [0.5, 0.6) is 0 Å². The molecule has 1 aromatic carbocycles. The van der Waals surface area contributed by atoms with Crippen LogP contribution >= 0.6 is 15.9 Å². The molecule has 0 amide bonds. The number of hydrogen-bond acceptors (Lipinski definition) is 4. The topological polar surface area (TPSA) is 63.8 Å². The highest BCUT2D eigenvalue weighted by atomic mass is 79.9. The van der Waals surface area contributed by atoms with Gasteiger partial charge in [0.1, 0.15) is 23.3 Å². The van der Waals surface area contributed by atoms with Crippen LogP contribution in [0.2, 0.25) is 0 Å². The summed E-state index contributed by atoms with van der Waals surface area (Å²) in [5, 5.41) is 2.98. The third-order valence-electron chi connectivity index (χ3n) is 2.90. The molecule has 0 unspecified atom stereocenters. The van der Waals surface area contributed by atoms with Crippen molar-refractivity contribution in [3.8, 4) is 0 Å². The lowest BCUT2D eigenvalue weighted by Crippen LogP contribution is -2.08. The van der Waals surface area contributed by atoms with Crippen LogP contribution in [0.4, 0.5) is 21.7 Å². The summed E-state index contributed by atoms with van der Waals surface area (Å²) in [5.74, 6) is 1.36. The molecule has 6 heteroatoms. The summed E-state index contributed by atoms with van der Waals surface area (Å²) >= 11 is 3.23. The molecule has 0 spiro atoms. The molecule has 20 heavy (non-hydrogen) atoms. The molecule has 3 N–H and O–H groups in total. The van der Waals surface area contributed by atoms with Gasteiger partial charge in [-0.05, 0) is 25.1 Å². The van der Waals surface area contributed by atoms with E-state index in [1.54, 1.807) is 19.1 Å². The van der Waals surface area contributed by atoms with Crippen LogP contribution in [0, 0.1) is 12.7 Å². The van der Waals surface area contributed by atoms with Crippen LogP contribution in [-0.2, 0) is 0 Å². The fraction of sp³-hybridized carbons (Fsp3) is 0.286. The molecular weight excluding hydrogens is 323 g/mol. The van der Waals surface area contributed by atoms with Gasteiger partial charge in [-0.15, -0.1) is 0 Å². The fourth-order valence-electron chi connectivity index (χ4n) is 1.65. The number of hydrogen-bond donors (Lipinski definition) is 2. The Morgan fingerprint density at radius 3 is 2.60 bits per heavy atom. The Bertz CT molecular complexity index is 643. The van der Waals surface area contributed by atoms with Crippen molar-refractivity contribution in [3.63, 3.8) is 0 Å². The molecule has 0 aliphatic carbocycles. The third kappa shape index (κ3) is 3.07. The first-order chi connectivity index (χ1) is 9.38. The molecule has 0 radical (unpaired) electrons. The molecule has 0 fully saturated rings. The van der Waals surface area contributed by atoms with Gasteiger partial charge in [0, 0.05) is 16.0 Å². The highest BCUT2D eigenvalue weighted by Crippen LogP contribution is 2.26. The Balaban J connectivity index is 2.42. The number of anilines is 3. The summed E-state index contributed by atoms with van der Waals surface area (Å²) in [7, 11) is 0. The zero-order chi connectivity index (χ0) is 14.9. The zero-order valence-electron chi connectivity index (χ0n) is 11.5. The van der Waals surface area contributed by atoms with Crippen molar-refractivity contribution in [1.29, 1.82) is 0 Å². The van der Waals surface area contributed by atoms with E-state index in [0.717, 1.165) is 0 Å². The van der Waals surface area contributed by atoms with Gasteiger partial charge in [0.05, 0.1) is 5.69 Å². The number of nitrogen functional groups attached to an aromatic ring is 1. The molecule has 2 rings (SSSR count). The normalized spacial score (nSPS) is 10.9. The minimum absolute atomic E-state index is 0.146. The number of nitrogens with zero attached hydrogens (tertiary/aromatic N) is 2. The van der Waals surface area contributed by atoms with Gasteiger partial charge in [0.25, 0.3) is 0 Å². The highest BCUT2D eigenvalue weighted by Gasteiger charge is 2.13. The third-order valence-corrected chi connectivity index (χ3v) is 3.39. The Morgan fingerprint density at radius 2 is 2.00 bits per heavy atom. The smallest absolute Gasteiger partial charge is 0.147 e. The Morgan fingerprint density at radius 1 is 1.30 bits per heavy atom. The predicted molar refractivity (Wildman–Crippen MR) is 82.7 cm³/mol. The number of nitrogens with one attached hydrogen (secondary N) is 1. The number of rotatable bonds is 3. The average Bonchev–Trinajstić information content (AvgIpc) is 2.37. The van der Waals surface area contributed by atoms with Gasteiger partial charge in [-0.25, -0.2) is 14.4 Å². The summed E-state index contributed by atoms with van der Waals surface area (Å²) in [6.45, 7) is 5.76. The maximum atomic E-state index is 13.9. The minimum Gasteiger partial charge on any atom is -0.383 e. The van der Waals surface area contributed by atoms with Crippen LogP contribution in [0.15, 0.2) is 22.7 Å². The maximum Gasteiger partial charge on any atom is 0.147 e. The lowest BCUT2D eigenvalue weighted by molar-refractivity contribution is 0.631. The summed E-state index contributed by atoms with van der Waals surface area (Å²) < 4.78 is 14.5. The van der Waals surface area contributed by atoms with Crippen molar-refractivity contribution in [2.75, 3.05) is 11.1 Å². The second kappa shape index (κ2) is 5.75. The van der Waals surface area contributed by atoms with Crippen molar-refractivity contribution >= 4 is 33.3 Å². The molecule has 4 nitrogen and oxygen atoms in total. The summed E-state index contributed by atoms with van der Waals surface area (Å²) in [4.78, 5) is 8.65. The van der Waals surface area contributed by atoms with Crippen molar-refractivity contribution in [2.45, 2.75) is 26.7 Å². The van der Waals surface area contributed by atoms with Crippen molar-refractivity contribution in [1.82, 2.24) is 9.97 Å². The molecule has 0 saturated carbocycles. The van der Waals surface area contributed by atoms with Gasteiger partial charge >= 0.3 is 0 Å². The summed E-state index contributed by atoms with van der Waals surface area (Å²) in [6, 6.07) is 4.80. The average molecular weight is 339 g/mol. The molecular formula is C14H16BrFN4. The SMILES string of the molecule is Cc1c(N)nc(C(C)C)nc1Nc1ccc(Br)cc1F. The predicted octanol–water partition coefficient (Wildman–Crippen LogP) is 4.14. The number of benzene rings is 1. The molecule has 2 aromatic rings. The van der Waals surface area contributed by atoms with Gasteiger partial charge in [-0.1, -0.05) is 29.8 Å². The first kappa shape index (κ1) is 14.7. The van der Waals surface area contributed by atoms with Crippen molar-refractivity contribution < 1.29 is 4.39 Å². The van der Waals surface area contributed by atoms with Crippen molar-refractivity contribution in [2.24, 2.45) is 0 Å². The standard InChI is InChI=1S/C14H16BrFN4/c1-7(2)13-19-12(17)8(3)14(20-13)18-11-5-4-9(15)6-10(11)16/h4-7H,1-3H3,(H3,17,18,19,20). The largest absolute Gasteiger partial charge is 0.383 e. The summed E-state index contributed by atoms with van der Waals surface area (Å²) in [5.41, 5.74) is 6.94. The molecule has 0 atom stereocenters. The lowest BCUT2D eigenvalue weighted by atomic mass is 10.2. The molecule has 0 saturated heterocycles. The second-order valence-electron chi connectivity index (χ2n) is 4.84. The van der Waals surface area contributed by atoms with Gasteiger partial charge in [0.15, 0.2) is 0 Å². The van der Waals surface area contributed by atoms with E-state index in [0.29, 0.717) is 33.2 Å². The Hall–Kier alpha value is -1.69. The number of aromatic nitrogens is 2. The minimum atomic E-state index is -0.359. The quantitative estimate of drug-likeness (QED) is 0.882. The van der Waals surface area contributed by atoms with Gasteiger partial charge in [0.2, 0.25) is 0 Å². The van der Waals surface area contributed by atoms with Crippen LogP contribution in [0.25, 0.3) is 0 Å². The summed E-state index contributed by atoms with van der Waals surface area (Å²) in [6.07, 6.45) is 0. The first-order valence-corrected chi connectivity index (χ1v) is 7.04. The van der Waals surface area contributed by atoms with Gasteiger partial charge in [-0.3, -0.25) is 0 Å². The van der Waals surface area contributed by atoms with Crippen LogP contribution < -0.4 is 11.1 Å². The lowest BCUT2D eigenvalue weighted by Gasteiger charge is -2.14. The van der Waals surface area contributed by atoms with E-state index in [1.807, 2.05) is 13.8 Å².